The summed E-state index contributed by atoms with van der Waals surface area (Å²) in [4.78, 5) is 28.2. The summed E-state index contributed by atoms with van der Waals surface area (Å²) in [5, 5.41) is 5.03. The third-order valence-corrected chi connectivity index (χ3v) is 5.92. The van der Waals surface area contributed by atoms with E-state index in [1.54, 1.807) is 11.2 Å². The SMILES string of the molecule is O=C(NC(c1ccccc1)c1ccco1)C1CCCN(C(=O)c2cccs2)C1. The molecule has 2 aromatic heterocycles. The number of amides is 2. The van der Waals surface area contributed by atoms with Crippen LogP contribution in [0.1, 0.15) is 39.9 Å². The molecule has 28 heavy (non-hydrogen) atoms. The van der Waals surface area contributed by atoms with E-state index in [0.717, 1.165) is 23.3 Å². The van der Waals surface area contributed by atoms with Crippen LogP contribution in [0.2, 0.25) is 0 Å². The molecule has 1 saturated heterocycles. The molecule has 2 atom stereocenters. The first kappa shape index (κ1) is 18.5. The largest absolute Gasteiger partial charge is 0.467 e. The number of carbonyl (C=O) groups is 2. The fraction of sp³-hybridized carbons (Fsp3) is 0.273. The number of hydrogen-bond donors (Lipinski definition) is 1. The van der Waals surface area contributed by atoms with Crippen LogP contribution in [-0.2, 0) is 4.79 Å². The van der Waals surface area contributed by atoms with E-state index >= 15 is 0 Å². The number of nitrogens with one attached hydrogen (secondary N) is 1. The summed E-state index contributed by atoms with van der Waals surface area (Å²) in [5.41, 5.74) is 0.966. The number of nitrogens with zero attached hydrogens (tertiary/aromatic N) is 1. The zero-order chi connectivity index (χ0) is 19.3. The third-order valence-electron chi connectivity index (χ3n) is 5.06. The van der Waals surface area contributed by atoms with Gasteiger partial charge in [0.25, 0.3) is 5.91 Å². The minimum atomic E-state index is -0.341. The van der Waals surface area contributed by atoms with Gasteiger partial charge >= 0.3 is 0 Å². The lowest BCUT2D eigenvalue weighted by Gasteiger charge is -2.32. The quantitative estimate of drug-likeness (QED) is 0.709. The third kappa shape index (κ3) is 4.02. The molecule has 1 aliphatic rings. The molecule has 2 unspecified atom stereocenters. The summed E-state index contributed by atoms with van der Waals surface area (Å²) in [5.74, 6) is 0.438. The Kier molecular flexibility index (Phi) is 5.58. The first-order chi connectivity index (χ1) is 13.7. The molecule has 1 N–H and O–H groups in total. The maximum Gasteiger partial charge on any atom is 0.263 e. The van der Waals surface area contributed by atoms with Crippen molar-refractivity contribution in [3.63, 3.8) is 0 Å². The molecule has 0 aliphatic carbocycles. The van der Waals surface area contributed by atoms with Crippen LogP contribution in [0, 0.1) is 5.92 Å². The molecule has 1 fully saturated rings. The van der Waals surface area contributed by atoms with Crippen LogP contribution in [0.25, 0.3) is 0 Å². The number of hydrogen-bond acceptors (Lipinski definition) is 4. The second-order valence-electron chi connectivity index (χ2n) is 6.94. The van der Waals surface area contributed by atoms with Crippen LogP contribution < -0.4 is 5.32 Å². The van der Waals surface area contributed by atoms with Crippen molar-refractivity contribution >= 4 is 23.2 Å². The van der Waals surface area contributed by atoms with Crippen molar-refractivity contribution in [2.45, 2.75) is 18.9 Å². The molecule has 5 nitrogen and oxygen atoms in total. The Hall–Kier alpha value is -2.86. The Labute approximate surface area is 168 Å². The zero-order valence-corrected chi connectivity index (χ0v) is 16.2. The van der Waals surface area contributed by atoms with E-state index in [4.69, 9.17) is 4.42 Å². The summed E-state index contributed by atoms with van der Waals surface area (Å²) >= 11 is 1.44. The van der Waals surface area contributed by atoms with E-state index in [9.17, 15) is 9.59 Å². The highest BCUT2D eigenvalue weighted by Crippen LogP contribution is 2.25. The van der Waals surface area contributed by atoms with Crippen LogP contribution in [0.4, 0.5) is 0 Å². The van der Waals surface area contributed by atoms with E-state index < -0.39 is 0 Å². The van der Waals surface area contributed by atoms with Gasteiger partial charge in [-0.3, -0.25) is 9.59 Å². The summed E-state index contributed by atoms with van der Waals surface area (Å²) in [7, 11) is 0. The molecule has 6 heteroatoms. The van der Waals surface area contributed by atoms with E-state index in [2.05, 4.69) is 5.32 Å². The number of carbonyl (C=O) groups excluding carboxylic acids is 2. The smallest absolute Gasteiger partial charge is 0.263 e. The lowest BCUT2D eigenvalue weighted by molar-refractivity contribution is -0.127. The summed E-state index contributed by atoms with van der Waals surface area (Å²) in [6, 6.07) is 16.8. The summed E-state index contributed by atoms with van der Waals surface area (Å²) < 4.78 is 5.57. The molecule has 1 aromatic carbocycles. The van der Waals surface area contributed by atoms with E-state index in [1.165, 1.54) is 11.3 Å². The number of rotatable bonds is 5. The van der Waals surface area contributed by atoms with E-state index in [-0.39, 0.29) is 23.8 Å². The van der Waals surface area contributed by atoms with Crippen molar-refractivity contribution < 1.29 is 14.0 Å². The maximum absolute atomic E-state index is 13.0. The van der Waals surface area contributed by atoms with Crippen molar-refractivity contribution in [1.29, 1.82) is 0 Å². The fourth-order valence-corrected chi connectivity index (χ4v) is 4.30. The van der Waals surface area contributed by atoms with Crippen LogP contribution >= 0.6 is 11.3 Å². The van der Waals surface area contributed by atoms with Crippen molar-refractivity contribution in [2.75, 3.05) is 13.1 Å². The van der Waals surface area contributed by atoms with Gasteiger partial charge in [-0.25, -0.2) is 0 Å². The van der Waals surface area contributed by atoms with Gasteiger partial charge in [0.2, 0.25) is 5.91 Å². The number of furan rings is 1. The van der Waals surface area contributed by atoms with Gasteiger partial charge in [-0.15, -0.1) is 11.3 Å². The van der Waals surface area contributed by atoms with Crippen molar-refractivity contribution in [1.82, 2.24) is 10.2 Å². The van der Waals surface area contributed by atoms with Crippen molar-refractivity contribution in [2.24, 2.45) is 5.92 Å². The topological polar surface area (TPSA) is 62.6 Å². The molecule has 0 bridgehead atoms. The van der Waals surface area contributed by atoms with Crippen LogP contribution in [0.15, 0.2) is 70.7 Å². The van der Waals surface area contributed by atoms with Crippen LogP contribution in [-0.4, -0.2) is 29.8 Å². The molecule has 0 spiro atoms. The van der Waals surface area contributed by atoms with Crippen molar-refractivity contribution in [3.05, 3.63) is 82.4 Å². The van der Waals surface area contributed by atoms with Gasteiger partial charge < -0.3 is 14.6 Å². The van der Waals surface area contributed by atoms with Crippen molar-refractivity contribution in [3.8, 4) is 0 Å². The number of piperidine rings is 1. The predicted molar refractivity (Wildman–Crippen MR) is 108 cm³/mol. The summed E-state index contributed by atoms with van der Waals surface area (Å²) in [6.45, 7) is 1.14. The van der Waals surface area contributed by atoms with E-state index in [1.807, 2.05) is 60.0 Å². The molecular weight excluding hydrogens is 372 g/mol. The van der Waals surface area contributed by atoms with Gasteiger partial charge in [0, 0.05) is 13.1 Å². The minimum Gasteiger partial charge on any atom is -0.467 e. The number of benzene rings is 1. The monoisotopic (exact) mass is 394 g/mol. The zero-order valence-electron chi connectivity index (χ0n) is 15.4. The Bertz CT molecular complexity index is 907. The molecule has 3 aromatic rings. The molecule has 1 aliphatic heterocycles. The average molecular weight is 394 g/mol. The first-order valence-electron chi connectivity index (χ1n) is 9.44. The molecule has 144 valence electrons. The first-order valence-corrected chi connectivity index (χ1v) is 10.3. The highest BCUT2D eigenvalue weighted by Gasteiger charge is 2.31. The Morgan fingerprint density at radius 2 is 1.96 bits per heavy atom. The second kappa shape index (κ2) is 8.44. The Morgan fingerprint density at radius 3 is 2.68 bits per heavy atom. The summed E-state index contributed by atoms with van der Waals surface area (Å²) in [6.07, 6.45) is 3.21. The molecule has 0 radical (unpaired) electrons. The van der Waals surface area contributed by atoms with Gasteiger partial charge in [0.1, 0.15) is 11.8 Å². The van der Waals surface area contributed by atoms with Gasteiger partial charge in [0.15, 0.2) is 0 Å². The van der Waals surface area contributed by atoms with Gasteiger partial charge in [-0.05, 0) is 42.0 Å². The minimum absolute atomic E-state index is 0.0122. The molecule has 3 heterocycles. The highest BCUT2D eigenvalue weighted by atomic mass is 32.1. The normalized spacial score (nSPS) is 17.9. The van der Waals surface area contributed by atoms with Gasteiger partial charge in [-0.1, -0.05) is 36.4 Å². The van der Waals surface area contributed by atoms with Crippen LogP contribution in [0.3, 0.4) is 0 Å². The average Bonchev–Trinajstić information content (AvgIpc) is 3.46. The Balaban J connectivity index is 1.47. The van der Waals surface area contributed by atoms with Gasteiger partial charge in [-0.2, -0.15) is 0 Å². The molecule has 2 amide bonds. The highest BCUT2D eigenvalue weighted by molar-refractivity contribution is 7.12. The van der Waals surface area contributed by atoms with Gasteiger partial charge in [0.05, 0.1) is 17.1 Å². The molecular formula is C22H22N2O3S. The standard InChI is InChI=1S/C22H22N2O3S/c25-21(17-9-4-12-24(15-17)22(26)19-11-6-14-28-19)23-20(18-10-5-13-27-18)16-7-2-1-3-8-16/h1-3,5-8,10-11,13-14,17,20H,4,9,12,15H2,(H,23,25). The van der Waals surface area contributed by atoms with E-state index in [0.29, 0.717) is 18.8 Å². The molecule has 0 saturated carbocycles. The number of thiophene rings is 1. The Morgan fingerprint density at radius 1 is 1.11 bits per heavy atom. The maximum atomic E-state index is 13.0. The lowest BCUT2D eigenvalue weighted by atomic mass is 9.95. The van der Waals surface area contributed by atoms with Crippen LogP contribution in [0.5, 0.6) is 0 Å². The lowest BCUT2D eigenvalue weighted by Crippen LogP contribution is -2.46. The second-order valence-corrected chi connectivity index (χ2v) is 7.88. The number of likely N-dealkylation sites (tertiary alicyclic amines) is 1. The predicted octanol–water partition coefficient (Wildman–Crippen LogP) is 4.10. The fourth-order valence-electron chi connectivity index (χ4n) is 3.61. The molecule has 4 rings (SSSR count).